The maximum absolute atomic E-state index is 13.1. The Labute approximate surface area is 122 Å². The number of hydrogen-bond donors (Lipinski definition) is 1. The number of halogens is 1. The molecule has 108 valence electrons. The molecular weight excluding hydrogens is 271 g/mol. The van der Waals surface area contributed by atoms with E-state index in [2.05, 4.69) is 5.32 Å². The molecule has 0 aromatic heterocycles. The lowest BCUT2D eigenvalue weighted by Crippen LogP contribution is -2.22. The number of nitrogens with zero attached hydrogens (tertiary/aromatic N) is 1. The van der Waals surface area contributed by atoms with Gasteiger partial charge in [0.25, 0.3) is 5.91 Å². The molecule has 0 saturated heterocycles. The summed E-state index contributed by atoms with van der Waals surface area (Å²) in [5.41, 5.74) is 1.55. The molecule has 1 N–H and O–H groups in total. The van der Waals surface area contributed by atoms with Gasteiger partial charge < -0.3 is 10.2 Å². The Morgan fingerprint density at radius 1 is 1.10 bits per heavy atom. The minimum absolute atomic E-state index is 0.0773. The molecule has 0 radical (unpaired) electrons. The van der Waals surface area contributed by atoms with Crippen LogP contribution in [-0.4, -0.2) is 18.9 Å². The van der Waals surface area contributed by atoms with Gasteiger partial charge in [0, 0.05) is 30.9 Å². The monoisotopic (exact) mass is 286 g/mol. The standard InChI is InChI=1S/C16H15FN2O2/c1-11(20)19(2)15-8-6-14(7-9-15)18-16(21)12-4-3-5-13(17)10-12/h3-10H,1-2H3,(H,18,21). The molecule has 0 unspecified atom stereocenters. The minimum atomic E-state index is -0.457. The topological polar surface area (TPSA) is 49.4 Å². The summed E-state index contributed by atoms with van der Waals surface area (Å²) in [7, 11) is 1.67. The maximum Gasteiger partial charge on any atom is 0.255 e. The van der Waals surface area contributed by atoms with Crippen molar-refractivity contribution in [1.29, 1.82) is 0 Å². The van der Waals surface area contributed by atoms with Crippen LogP contribution in [0.3, 0.4) is 0 Å². The SMILES string of the molecule is CC(=O)N(C)c1ccc(NC(=O)c2cccc(F)c2)cc1. The van der Waals surface area contributed by atoms with Crippen LogP contribution in [0, 0.1) is 5.82 Å². The van der Waals surface area contributed by atoms with Crippen LogP contribution in [0.4, 0.5) is 15.8 Å². The quantitative estimate of drug-likeness (QED) is 0.942. The molecular formula is C16H15FN2O2. The average molecular weight is 286 g/mol. The minimum Gasteiger partial charge on any atom is -0.322 e. The van der Waals surface area contributed by atoms with Gasteiger partial charge in [0.05, 0.1) is 0 Å². The predicted octanol–water partition coefficient (Wildman–Crippen LogP) is 3.06. The van der Waals surface area contributed by atoms with Crippen LogP contribution in [0.5, 0.6) is 0 Å². The van der Waals surface area contributed by atoms with Gasteiger partial charge in [0.2, 0.25) is 5.91 Å². The third-order valence-corrected chi connectivity index (χ3v) is 3.07. The fourth-order valence-corrected chi connectivity index (χ4v) is 1.78. The Balaban J connectivity index is 2.10. The van der Waals surface area contributed by atoms with Gasteiger partial charge in [-0.2, -0.15) is 0 Å². The highest BCUT2D eigenvalue weighted by molar-refractivity contribution is 6.04. The van der Waals surface area contributed by atoms with Gasteiger partial charge in [-0.1, -0.05) is 6.07 Å². The van der Waals surface area contributed by atoms with E-state index in [1.807, 2.05) is 0 Å². The summed E-state index contributed by atoms with van der Waals surface area (Å²) < 4.78 is 13.1. The summed E-state index contributed by atoms with van der Waals surface area (Å²) in [6, 6.07) is 12.3. The first kappa shape index (κ1) is 14.7. The van der Waals surface area contributed by atoms with Crippen LogP contribution in [0.2, 0.25) is 0 Å². The molecule has 0 aliphatic heterocycles. The molecule has 0 bridgehead atoms. The van der Waals surface area contributed by atoms with Gasteiger partial charge in [-0.05, 0) is 42.5 Å². The molecule has 0 aliphatic rings. The highest BCUT2D eigenvalue weighted by atomic mass is 19.1. The summed E-state index contributed by atoms with van der Waals surface area (Å²) in [6.45, 7) is 1.47. The molecule has 0 atom stereocenters. The van der Waals surface area contributed by atoms with Gasteiger partial charge >= 0.3 is 0 Å². The van der Waals surface area contributed by atoms with Crippen molar-refractivity contribution < 1.29 is 14.0 Å². The van der Waals surface area contributed by atoms with Crippen LogP contribution in [-0.2, 0) is 4.79 Å². The molecule has 0 fully saturated rings. The summed E-state index contributed by atoms with van der Waals surface area (Å²) >= 11 is 0. The summed E-state index contributed by atoms with van der Waals surface area (Å²) in [5.74, 6) is -0.921. The molecule has 5 heteroatoms. The first-order chi connectivity index (χ1) is 9.97. The lowest BCUT2D eigenvalue weighted by atomic mass is 10.2. The molecule has 2 rings (SSSR count). The Hall–Kier alpha value is -2.69. The van der Waals surface area contributed by atoms with Crippen molar-refractivity contribution in [2.24, 2.45) is 0 Å². The predicted molar refractivity (Wildman–Crippen MR) is 79.9 cm³/mol. The number of benzene rings is 2. The van der Waals surface area contributed by atoms with Crippen molar-refractivity contribution in [2.75, 3.05) is 17.3 Å². The maximum atomic E-state index is 13.1. The third-order valence-electron chi connectivity index (χ3n) is 3.07. The molecule has 0 saturated carbocycles. The lowest BCUT2D eigenvalue weighted by Gasteiger charge is -2.15. The van der Waals surface area contributed by atoms with E-state index in [9.17, 15) is 14.0 Å². The van der Waals surface area contributed by atoms with E-state index in [4.69, 9.17) is 0 Å². The molecule has 0 aliphatic carbocycles. The Kier molecular flexibility index (Phi) is 4.33. The lowest BCUT2D eigenvalue weighted by molar-refractivity contribution is -0.116. The molecule has 2 aromatic rings. The van der Waals surface area contributed by atoms with Crippen LogP contribution in [0.1, 0.15) is 17.3 Å². The van der Waals surface area contributed by atoms with E-state index in [0.717, 1.165) is 5.69 Å². The van der Waals surface area contributed by atoms with Gasteiger partial charge in [-0.3, -0.25) is 9.59 Å². The van der Waals surface area contributed by atoms with Gasteiger partial charge in [0.1, 0.15) is 5.82 Å². The molecule has 2 aromatic carbocycles. The molecule has 0 heterocycles. The number of carbonyl (C=O) groups is 2. The first-order valence-corrected chi connectivity index (χ1v) is 6.38. The number of anilines is 2. The second kappa shape index (κ2) is 6.17. The van der Waals surface area contributed by atoms with Crippen LogP contribution in [0.15, 0.2) is 48.5 Å². The largest absolute Gasteiger partial charge is 0.322 e. The number of carbonyl (C=O) groups excluding carboxylic acids is 2. The van der Waals surface area contributed by atoms with E-state index >= 15 is 0 Å². The van der Waals surface area contributed by atoms with Crippen LogP contribution >= 0.6 is 0 Å². The normalized spacial score (nSPS) is 10.0. The zero-order valence-corrected chi connectivity index (χ0v) is 11.8. The van der Waals surface area contributed by atoms with Crippen molar-refractivity contribution in [2.45, 2.75) is 6.92 Å². The molecule has 0 spiro atoms. The van der Waals surface area contributed by atoms with E-state index in [1.54, 1.807) is 31.3 Å². The number of rotatable bonds is 3. The van der Waals surface area contributed by atoms with Crippen molar-refractivity contribution in [3.05, 3.63) is 59.9 Å². The Morgan fingerprint density at radius 3 is 2.33 bits per heavy atom. The zero-order valence-electron chi connectivity index (χ0n) is 11.8. The van der Waals surface area contributed by atoms with Crippen molar-refractivity contribution in [3.8, 4) is 0 Å². The fourth-order valence-electron chi connectivity index (χ4n) is 1.78. The second-order valence-electron chi connectivity index (χ2n) is 4.59. The summed E-state index contributed by atoms with van der Waals surface area (Å²) in [4.78, 5) is 24.7. The molecule has 4 nitrogen and oxygen atoms in total. The molecule has 2 amide bonds. The number of nitrogens with one attached hydrogen (secondary N) is 1. The van der Waals surface area contributed by atoms with Crippen LogP contribution in [0.25, 0.3) is 0 Å². The number of amides is 2. The van der Waals surface area contributed by atoms with E-state index in [1.165, 1.54) is 36.1 Å². The van der Waals surface area contributed by atoms with Crippen LogP contribution < -0.4 is 10.2 Å². The van der Waals surface area contributed by atoms with Gasteiger partial charge in [-0.15, -0.1) is 0 Å². The number of hydrogen-bond acceptors (Lipinski definition) is 2. The van der Waals surface area contributed by atoms with E-state index < -0.39 is 5.82 Å². The van der Waals surface area contributed by atoms with Crippen molar-refractivity contribution in [3.63, 3.8) is 0 Å². The Morgan fingerprint density at radius 2 is 1.76 bits per heavy atom. The summed E-state index contributed by atoms with van der Waals surface area (Å²) in [6.07, 6.45) is 0. The third kappa shape index (κ3) is 3.66. The smallest absolute Gasteiger partial charge is 0.255 e. The Bertz CT molecular complexity index is 668. The molecule has 21 heavy (non-hydrogen) atoms. The average Bonchev–Trinajstić information content (AvgIpc) is 2.47. The van der Waals surface area contributed by atoms with Gasteiger partial charge in [-0.25, -0.2) is 4.39 Å². The van der Waals surface area contributed by atoms with Gasteiger partial charge in [0.15, 0.2) is 0 Å². The van der Waals surface area contributed by atoms with Crippen molar-refractivity contribution in [1.82, 2.24) is 0 Å². The highest BCUT2D eigenvalue weighted by Crippen LogP contribution is 2.17. The van der Waals surface area contributed by atoms with E-state index in [-0.39, 0.29) is 17.4 Å². The highest BCUT2D eigenvalue weighted by Gasteiger charge is 2.08. The second-order valence-corrected chi connectivity index (χ2v) is 4.59. The first-order valence-electron chi connectivity index (χ1n) is 6.38. The zero-order chi connectivity index (χ0) is 15.4. The fraction of sp³-hybridized carbons (Fsp3) is 0.125. The van der Waals surface area contributed by atoms with E-state index in [0.29, 0.717) is 5.69 Å². The van der Waals surface area contributed by atoms with Crippen molar-refractivity contribution >= 4 is 23.2 Å². The summed E-state index contributed by atoms with van der Waals surface area (Å²) in [5, 5.41) is 2.67.